The molecule has 0 radical (unpaired) electrons. The number of hydrogen-bond donors (Lipinski definition) is 2. The molecule has 0 aliphatic heterocycles. The zero-order chi connectivity index (χ0) is 22.9. The molecule has 2 heterocycles. The van der Waals surface area contributed by atoms with Gasteiger partial charge in [0.2, 0.25) is 5.95 Å². The molecule has 2 aromatic carbocycles. The van der Waals surface area contributed by atoms with Crippen molar-refractivity contribution in [2.75, 3.05) is 38.2 Å². The molecular weight excluding hydrogens is 419 g/mol. The van der Waals surface area contributed by atoms with Crippen LogP contribution in [0.3, 0.4) is 0 Å². The summed E-state index contributed by atoms with van der Waals surface area (Å²) in [5.41, 5.74) is 7.82. The van der Waals surface area contributed by atoms with Gasteiger partial charge in [0, 0.05) is 18.7 Å². The molecule has 10 heteroatoms. The van der Waals surface area contributed by atoms with Crippen molar-refractivity contribution in [2.45, 2.75) is 6.18 Å². The Hall–Kier alpha value is -3.66. The van der Waals surface area contributed by atoms with Gasteiger partial charge in [0.05, 0.1) is 22.3 Å². The quantitative estimate of drug-likeness (QED) is 0.470. The molecule has 0 aliphatic carbocycles. The average Bonchev–Trinajstić information content (AvgIpc) is 3.09. The average molecular weight is 441 g/mol. The van der Waals surface area contributed by atoms with Crippen LogP contribution in [0.2, 0.25) is 0 Å². The summed E-state index contributed by atoms with van der Waals surface area (Å²) in [5.74, 6) is 0.647. The number of rotatable bonds is 6. The summed E-state index contributed by atoms with van der Waals surface area (Å²) >= 11 is 0. The molecule has 0 atom stereocenters. The van der Waals surface area contributed by atoms with E-state index in [1.165, 1.54) is 16.8 Å². The summed E-state index contributed by atoms with van der Waals surface area (Å²) in [7, 11) is 3.93. The summed E-state index contributed by atoms with van der Waals surface area (Å²) < 4.78 is 40.2. The maximum absolute atomic E-state index is 12.9. The first-order valence-electron chi connectivity index (χ1n) is 9.92. The number of halogens is 3. The first kappa shape index (κ1) is 21.6. The maximum atomic E-state index is 12.9. The molecule has 2 aromatic heterocycles. The van der Waals surface area contributed by atoms with E-state index in [4.69, 9.17) is 5.73 Å². The van der Waals surface area contributed by atoms with Crippen LogP contribution >= 0.6 is 0 Å². The fraction of sp³-hybridized carbons (Fsp3) is 0.227. The topological polar surface area (TPSA) is 84.9 Å². The Morgan fingerprint density at radius 3 is 2.31 bits per heavy atom. The van der Waals surface area contributed by atoms with Crippen molar-refractivity contribution in [3.8, 4) is 16.9 Å². The number of nitrogen functional groups attached to an aromatic ring is 1. The number of aromatic nitrogens is 4. The highest BCUT2D eigenvalue weighted by Crippen LogP contribution is 2.34. The number of anilines is 2. The number of hydrogen-bond acceptors (Lipinski definition) is 6. The maximum Gasteiger partial charge on any atom is 0.416 e. The lowest BCUT2D eigenvalue weighted by atomic mass is 10.1. The van der Waals surface area contributed by atoms with E-state index in [0.717, 1.165) is 24.2 Å². The molecule has 0 spiro atoms. The van der Waals surface area contributed by atoms with E-state index in [9.17, 15) is 13.2 Å². The van der Waals surface area contributed by atoms with Gasteiger partial charge in [-0.1, -0.05) is 30.3 Å². The number of nitrogens with zero attached hydrogens (tertiary/aromatic N) is 5. The molecular formula is C22H22F3N7. The molecule has 0 saturated carbocycles. The van der Waals surface area contributed by atoms with Crippen LogP contribution in [-0.4, -0.2) is 51.8 Å². The molecule has 7 nitrogen and oxygen atoms in total. The van der Waals surface area contributed by atoms with Gasteiger partial charge in [0.15, 0.2) is 5.65 Å². The van der Waals surface area contributed by atoms with Crippen LogP contribution in [0, 0.1) is 0 Å². The zero-order valence-corrected chi connectivity index (χ0v) is 17.6. The minimum Gasteiger partial charge on any atom is -0.383 e. The Balaban J connectivity index is 1.82. The van der Waals surface area contributed by atoms with Crippen molar-refractivity contribution in [1.82, 2.24) is 24.6 Å². The normalized spacial score (nSPS) is 11.9. The largest absolute Gasteiger partial charge is 0.416 e. The third-order valence-corrected chi connectivity index (χ3v) is 4.90. The smallest absolute Gasteiger partial charge is 0.383 e. The number of fused-ring (bicyclic) bond motifs is 1. The van der Waals surface area contributed by atoms with E-state index < -0.39 is 11.7 Å². The highest BCUT2D eigenvalue weighted by molar-refractivity contribution is 5.99. The SMILES string of the molecule is CN(C)CCNc1nc(-c2ccccc2)c2c(N)n(-c3ccc(C(F)(F)F)cc3)nc2n1. The standard InChI is InChI=1S/C22H22F3N7/c1-31(2)13-12-27-21-28-18(14-6-4-3-5-7-14)17-19(26)32(30-20(17)29-21)16-10-8-15(9-11-16)22(23,24)25/h3-11H,12-13,26H2,1-2H3,(H,27,29,30). The van der Waals surface area contributed by atoms with Crippen molar-refractivity contribution >= 4 is 22.8 Å². The molecule has 4 aromatic rings. The summed E-state index contributed by atoms with van der Waals surface area (Å²) in [4.78, 5) is 11.2. The van der Waals surface area contributed by atoms with Crippen LogP contribution in [0.1, 0.15) is 5.56 Å². The third-order valence-electron chi connectivity index (χ3n) is 4.90. The van der Waals surface area contributed by atoms with E-state index in [1.54, 1.807) is 0 Å². The van der Waals surface area contributed by atoms with E-state index in [0.29, 0.717) is 34.9 Å². The van der Waals surface area contributed by atoms with E-state index >= 15 is 0 Å². The van der Waals surface area contributed by atoms with Gasteiger partial charge in [-0.05, 0) is 38.4 Å². The molecule has 0 unspecified atom stereocenters. The highest BCUT2D eigenvalue weighted by atomic mass is 19.4. The second kappa shape index (κ2) is 8.46. The van der Waals surface area contributed by atoms with Crippen molar-refractivity contribution in [3.63, 3.8) is 0 Å². The van der Waals surface area contributed by atoms with Gasteiger partial charge >= 0.3 is 6.18 Å². The van der Waals surface area contributed by atoms with Crippen LogP contribution in [0.25, 0.3) is 28.0 Å². The fourth-order valence-corrected chi connectivity index (χ4v) is 3.28. The molecule has 0 saturated heterocycles. The van der Waals surface area contributed by atoms with E-state index in [1.807, 2.05) is 49.3 Å². The number of nitrogens with one attached hydrogen (secondary N) is 1. The number of alkyl halides is 3. The summed E-state index contributed by atoms with van der Waals surface area (Å²) in [5, 5.41) is 8.20. The van der Waals surface area contributed by atoms with Crippen LogP contribution in [-0.2, 0) is 6.18 Å². The predicted molar refractivity (Wildman–Crippen MR) is 119 cm³/mol. The van der Waals surface area contributed by atoms with Crippen LogP contribution in [0.5, 0.6) is 0 Å². The van der Waals surface area contributed by atoms with Gasteiger partial charge in [-0.3, -0.25) is 0 Å². The lowest BCUT2D eigenvalue weighted by molar-refractivity contribution is -0.137. The lowest BCUT2D eigenvalue weighted by Gasteiger charge is -2.11. The molecule has 0 aliphatic rings. The number of likely N-dealkylation sites (N-methyl/N-ethyl adjacent to an activating group) is 1. The summed E-state index contributed by atoms with van der Waals surface area (Å²) in [6, 6.07) is 14.1. The first-order valence-corrected chi connectivity index (χ1v) is 9.92. The van der Waals surface area contributed by atoms with Gasteiger partial charge < -0.3 is 16.0 Å². The molecule has 0 amide bonds. The molecule has 3 N–H and O–H groups in total. The Morgan fingerprint density at radius 1 is 1.00 bits per heavy atom. The Bertz CT molecular complexity index is 1220. The van der Waals surface area contributed by atoms with Crippen molar-refractivity contribution in [3.05, 3.63) is 60.2 Å². The Labute approximate surface area is 182 Å². The van der Waals surface area contributed by atoms with Crippen molar-refractivity contribution in [2.24, 2.45) is 0 Å². The second-order valence-electron chi connectivity index (χ2n) is 7.53. The number of nitrogens with two attached hydrogens (primary N) is 1. The van der Waals surface area contributed by atoms with Crippen molar-refractivity contribution < 1.29 is 13.2 Å². The molecule has 4 rings (SSSR count). The lowest BCUT2D eigenvalue weighted by Crippen LogP contribution is -2.21. The minimum atomic E-state index is -4.42. The second-order valence-corrected chi connectivity index (χ2v) is 7.53. The Kier molecular flexibility index (Phi) is 5.70. The fourth-order valence-electron chi connectivity index (χ4n) is 3.28. The van der Waals surface area contributed by atoms with Crippen LogP contribution in [0.4, 0.5) is 24.9 Å². The van der Waals surface area contributed by atoms with Crippen LogP contribution in [0.15, 0.2) is 54.6 Å². The van der Waals surface area contributed by atoms with Gasteiger partial charge in [0.1, 0.15) is 5.82 Å². The number of benzene rings is 2. The first-order chi connectivity index (χ1) is 15.2. The Morgan fingerprint density at radius 2 is 1.69 bits per heavy atom. The molecule has 32 heavy (non-hydrogen) atoms. The third kappa shape index (κ3) is 4.35. The highest BCUT2D eigenvalue weighted by Gasteiger charge is 2.30. The van der Waals surface area contributed by atoms with Gasteiger partial charge in [0.25, 0.3) is 0 Å². The van der Waals surface area contributed by atoms with E-state index in [-0.39, 0.29) is 5.82 Å². The van der Waals surface area contributed by atoms with Crippen molar-refractivity contribution in [1.29, 1.82) is 0 Å². The van der Waals surface area contributed by atoms with E-state index in [2.05, 4.69) is 20.4 Å². The van der Waals surface area contributed by atoms with Gasteiger partial charge in [-0.25, -0.2) is 9.67 Å². The van der Waals surface area contributed by atoms with Gasteiger partial charge in [-0.2, -0.15) is 18.2 Å². The van der Waals surface area contributed by atoms with Crippen LogP contribution < -0.4 is 11.1 Å². The minimum absolute atomic E-state index is 0.249. The van der Waals surface area contributed by atoms with Gasteiger partial charge in [-0.15, -0.1) is 5.10 Å². The molecule has 0 fully saturated rings. The summed E-state index contributed by atoms with van der Waals surface area (Å²) in [6.45, 7) is 1.41. The summed E-state index contributed by atoms with van der Waals surface area (Å²) in [6.07, 6.45) is -4.42. The monoisotopic (exact) mass is 441 g/mol. The zero-order valence-electron chi connectivity index (χ0n) is 17.6. The molecule has 0 bridgehead atoms. The predicted octanol–water partition coefficient (Wildman–Crippen LogP) is 4.06. The molecule has 166 valence electrons.